The summed E-state index contributed by atoms with van der Waals surface area (Å²) in [5.41, 5.74) is 2.84. The van der Waals surface area contributed by atoms with Gasteiger partial charge in [0.15, 0.2) is 0 Å². The minimum absolute atomic E-state index is 0.215. The van der Waals surface area contributed by atoms with Gasteiger partial charge in [-0.25, -0.2) is 0 Å². The summed E-state index contributed by atoms with van der Waals surface area (Å²) in [6.45, 7) is 16.4. The van der Waals surface area contributed by atoms with Crippen molar-refractivity contribution in [2.45, 2.75) is 60.3 Å². The van der Waals surface area contributed by atoms with Crippen LogP contribution in [0.25, 0.3) is 0 Å². The highest BCUT2D eigenvalue weighted by atomic mass is 32.1. The summed E-state index contributed by atoms with van der Waals surface area (Å²) in [6, 6.07) is 6.54. The number of hydrogen-bond donors (Lipinski definition) is 1. The van der Waals surface area contributed by atoms with Gasteiger partial charge in [-0.15, -0.1) is 0 Å². The fraction of sp³-hybridized carbons (Fsp3) is 0.684. The third kappa shape index (κ3) is 4.95. The van der Waals surface area contributed by atoms with Crippen molar-refractivity contribution < 1.29 is 4.74 Å². The Morgan fingerprint density at radius 2 is 1.48 bits per heavy atom. The molecule has 1 aromatic carbocycles. The zero-order valence-corrected chi connectivity index (χ0v) is 15.6. The lowest BCUT2D eigenvalue weighted by molar-refractivity contribution is 0.163. The first kappa shape index (κ1) is 18.4. The number of rotatable bonds is 6. The van der Waals surface area contributed by atoms with Gasteiger partial charge in [-0.3, -0.25) is 0 Å². The smallest absolute Gasteiger partial charge is 0.126 e. The highest BCUT2D eigenvalue weighted by Gasteiger charge is 2.25. The maximum Gasteiger partial charge on any atom is 0.126 e. The fourth-order valence-corrected chi connectivity index (χ4v) is 3.06. The van der Waals surface area contributed by atoms with Crippen molar-refractivity contribution >= 4 is 12.6 Å². The predicted molar refractivity (Wildman–Crippen MR) is 96.9 cm³/mol. The standard InChI is InChI=1S/C19H32OS/c1-13(2)16-9-8-10-17(14(3)4)18(16)20-11-15(12-21)19(5,6)7/h8-10,13-15,21H,11-12H2,1-7H3. The molecule has 120 valence electrons. The molecule has 1 unspecified atom stereocenters. The molecule has 1 aromatic rings. The maximum absolute atomic E-state index is 6.32. The molecule has 1 nitrogen and oxygen atoms in total. The van der Waals surface area contributed by atoms with Gasteiger partial charge in [0.1, 0.15) is 5.75 Å². The van der Waals surface area contributed by atoms with Crippen molar-refractivity contribution in [3.63, 3.8) is 0 Å². The summed E-state index contributed by atoms with van der Waals surface area (Å²) in [4.78, 5) is 0. The lowest BCUT2D eigenvalue weighted by atomic mass is 9.82. The van der Waals surface area contributed by atoms with Crippen molar-refractivity contribution in [1.29, 1.82) is 0 Å². The molecule has 0 aliphatic carbocycles. The summed E-state index contributed by atoms with van der Waals surface area (Å²) in [6.07, 6.45) is 0. The van der Waals surface area contributed by atoms with E-state index in [9.17, 15) is 0 Å². The Morgan fingerprint density at radius 3 is 1.81 bits per heavy atom. The lowest BCUT2D eigenvalue weighted by Gasteiger charge is -2.30. The number of ether oxygens (including phenoxy) is 1. The van der Waals surface area contributed by atoms with Crippen molar-refractivity contribution in [1.82, 2.24) is 0 Å². The molecule has 0 heterocycles. The maximum atomic E-state index is 6.32. The van der Waals surface area contributed by atoms with Crippen LogP contribution in [0.1, 0.15) is 71.4 Å². The second-order valence-corrected chi connectivity index (χ2v) is 8.00. The van der Waals surface area contributed by atoms with Crippen LogP contribution in [0.3, 0.4) is 0 Å². The van der Waals surface area contributed by atoms with E-state index in [0.29, 0.717) is 17.8 Å². The van der Waals surface area contributed by atoms with Gasteiger partial charge >= 0.3 is 0 Å². The summed E-state index contributed by atoms with van der Waals surface area (Å²) >= 11 is 4.51. The van der Waals surface area contributed by atoms with Crippen LogP contribution in [0.5, 0.6) is 5.75 Å². The highest BCUT2D eigenvalue weighted by molar-refractivity contribution is 7.80. The number of para-hydroxylation sites is 1. The van der Waals surface area contributed by atoms with E-state index >= 15 is 0 Å². The average molecular weight is 309 g/mol. The van der Waals surface area contributed by atoms with Crippen LogP contribution in [-0.4, -0.2) is 12.4 Å². The quantitative estimate of drug-likeness (QED) is 0.643. The molecule has 0 bridgehead atoms. The van der Waals surface area contributed by atoms with Crippen molar-refractivity contribution in [2.24, 2.45) is 11.3 Å². The zero-order valence-electron chi connectivity index (χ0n) is 14.7. The van der Waals surface area contributed by atoms with Crippen LogP contribution in [0.15, 0.2) is 18.2 Å². The average Bonchev–Trinajstić information content (AvgIpc) is 2.37. The molecule has 2 heteroatoms. The van der Waals surface area contributed by atoms with Gasteiger partial charge in [-0.2, -0.15) is 12.6 Å². The Labute approximate surface area is 136 Å². The van der Waals surface area contributed by atoms with Crippen LogP contribution in [0.4, 0.5) is 0 Å². The summed E-state index contributed by atoms with van der Waals surface area (Å²) in [5.74, 6) is 3.34. The molecule has 0 aliphatic rings. The van der Waals surface area contributed by atoms with E-state index in [1.54, 1.807) is 0 Å². The molecule has 0 saturated heterocycles. The number of hydrogen-bond acceptors (Lipinski definition) is 2. The fourth-order valence-electron chi connectivity index (χ4n) is 2.41. The SMILES string of the molecule is CC(C)c1cccc(C(C)C)c1OCC(CS)C(C)(C)C. The first-order valence-electron chi connectivity index (χ1n) is 8.04. The minimum atomic E-state index is 0.215. The van der Waals surface area contributed by atoms with Gasteiger partial charge in [-0.1, -0.05) is 66.7 Å². The molecule has 0 saturated carbocycles. The van der Waals surface area contributed by atoms with E-state index in [0.717, 1.165) is 18.1 Å². The third-order valence-corrected chi connectivity index (χ3v) is 4.63. The molecule has 0 fully saturated rings. The van der Waals surface area contributed by atoms with E-state index in [2.05, 4.69) is 79.3 Å². The van der Waals surface area contributed by atoms with Gasteiger partial charge in [0.25, 0.3) is 0 Å². The third-order valence-electron chi connectivity index (χ3n) is 4.19. The summed E-state index contributed by atoms with van der Waals surface area (Å²) in [5, 5.41) is 0. The van der Waals surface area contributed by atoms with Crippen molar-refractivity contribution in [3.8, 4) is 5.75 Å². The van der Waals surface area contributed by atoms with Crippen LogP contribution < -0.4 is 4.74 Å². The molecule has 0 spiro atoms. The molecular weight excluding hydrogens is 276 g/mol. The van der Waals surface area contributed by atoms with Gasteiger partial charge < -0.3 is 4.74 Å². The molecule has 0 amide bonds. The normalized spacial score (nSPS) is 13.8. The van der Waals surface area contributed by atoms with Gasteiger partial charge in [0.2, 0.25) is 0 Å². The lowest BCUT2D eigenvalue weighted by Crippen LogP contribution is -2.28. The van der Waals surface area contributed by atoms with E-state index < -0.39 is 0 Å². The monoisotopic (exact) mass is 308 g/mol. The van der Waals surface area contributed by atoms with E-state index in [1.807, 2.05) is 0 Å². The second kappa shape index (κ2) is 7.58. The summed E-state index contributed by atoms with van der Waals surface area (Å²) < 4.78 is 6.32. The van der Waals surface area contributed by atoms with Crippen LogP contribution in [0.2, 0.25) is 0 Å². The molecule has 0 radical (unpaired) electrons. The van der Waals surface area contributed by atoms with Gasteiger partial charge in [-0.05, 0) is 34.1 Å². The van der Waals surface area contributed by atoms with Crippen molar-refractivity contribution in [3.05, 3.63) is 29.3 Å². The second-order valence-electron chi connectivity index (χ2n) is 7.63. The van der Waals surface area contributed by atoms with E-state index in [4.69, 9.17) is 4.74 Å². The molecular formula is C19H32OS. The molecule has 0 aliphatic heterocycles. The van der Waals surface area contributed by atoms with E-state index in [1.165, 1.54) is 11.1 Å². The molecule has 0 N–H and O–H groups in total. The number of benzene rings is 1. The Morgan fingerprint density at radius 1 is 1.00 bits per heavy atom. The van der Waals surface area contributed by atoms with Crippen LogP contribution in [-0.2, 0) is 0 Å². The first-order chi connectivity index (χ1) is 9.68. The van der Waals surface area contributed by atoms with Gasteiger partial charge in [0, 0.05) is 5.92 Å². The minimum Gasteiger partial charge on any atom is -0.493 e. The van der Waals surface area contributed by atoms with E-state index in [-0.39, 0.29) is 5.41 Å². The molecule has 1 rings (SSSR count). The van der Waals surface area contributed by atoms with Crippen LogP contribution in [0, 0.1) is 11.3 Å². The zero-order chi connectivity index (χ0) is 16.2. The highest BCUT2D eigenvalue weighted by Crippen LogP contribution is 2.36. The topological polar surface area (TPSA) is 9.23 Å². The molecule has 0 aromatic heterocycles. The van der Waals surface area contributed by atoms with Crippen molar-refractivity contribution in [2.75, 3.05) is 12.4 Å². The molecule has 21 heavy (non-hydrogen) atoms. The number of thiol groups is 1. The van der Waals surface area contributed by atoms with Gasteiger partial charge in [0.05, 0.1) is 6.61 Å². The Kier molecular flexibility index (Phi) is 6.65. The molecule has 1 atom stereocenters. The Hall–Kier alpha value is -0.630. The summed E-state index contributed by atoms with van der Waals surface area (Å²) in [7, 11) is 0. The predicted octanol–water partition coefficient (Wildman–Crippen LogP) is 5.90. The Bertz CT molecular complexity index is 417. The largest absolute Gasteiger partial charge is 0.493 e. The van der Waals surface area contributed by atoms with Crippen LogP contribution >= 0.6 is 12.6 Å². The Balaban J connectivity index is 3.05. The first-order valence-corrected chi connectivity index (χ1v) is 8.68.